The molecule has 0 aromatic carbocycles. The normalized spacial score (nSPS) is 19.8. The van der Waals surface area contributed by atoms with Crippen LogP contribution in [0.5, 0.6) is 12.0 Å². The predicted octanol–water partition coefficient (Wildman–Crippen LogP) is -1.51. The summed E-state index contributed by atoms with van der Waals surface area (Å²) in [5.41, 5.74) is 5.40. The highest BCUT2D eigenvalue weighted by molar-refractivity contribution is 5.80. The molecule has 0 bridgehead atoms. The van der Waals surface area contributed by atoms with Crippen LogP contribution in [0.15, 0.2) is 0 Å². The number of rotatable bonds is 4. The Hall–Kier alpha value is -2.16. The molecule has 1 amide bonds. The second-order valence-electron chi connectivity index (χ2n) is 4.45. The molecule has 0 saturated carbocycles. The summed E-state index contributed by atoms with van der Waals surface area (Å²) in [5, 5.41) is 0. The Morgan fingerprint density at radius 2 is 1.80 bits per heavy atom. The van der Waals surface area contributed by atoms with Crippen LogP contribution in [0.1, 0.15) is 0 Å². The van der Waals surface area contributed by atoms with Gasteiger partial charge in [-0.1, -0.05) is 0 Å². The standard InChI is InChI=1S/C11H18N6O3/c1-16-4-5-17(6-7(16)8(12)18)9-13-10(19-2)15-11(14-9)20-3/h7H,4-6H2,1-3H3,(H2,12,18). The fourth-order valence-electron chi connectivity index (χ4n) is 2.01. The van der Waals surface area contributed by atoms with Gasteiger partial charge in [0, 0.05) is 19.6 Å². The van der Waals surface area contributed by atoms with Gasteiger partial charge in [-0.05, 0) is 7.05 Å². The average Bonchev–Trinajstić information content (AvgIpc) is 2.46. The Balaban J connectivity index is 2.24. The highest BCUT2D eigenvalue weighted by Gasteiger charge is 2.30. The van der Waals surface area contributed by atoms with E-state index in [4.69, 9.17) is 15.2 Å². The Morgan fingerprint density at radius 1 is 1.20 bits per heavy atom. The average molecular weight is 282 g/mol. The Morgan fingerprint density at radius 3 is 2.30 bits per heavy atom. The fraction of sp³-hybridized carbons (Fsp3) is 0.636. The van der Waals surface area contributed by atoms with Crippen LogP contribution in [0, 0.1) is 0 Å². The molecule has 0 aliphatic carbocycles. The van der Waals surface area contributed by atoms with E-state index in [1.165, 1.54) is 14.2 Å². The third-order valence-electron chi connectivity index (χ3n) is 3.21. The maximum Gasteiger partial charge on any atom is 0.324 e. The number of aromatic nitrogens is 3. The van der Waals surface area contributed by atoms with E-state index in [-0.39, 0.29) is 24.0 Å². The van der Waals surface area contributed by atoms with E-state index in [0.29, 0.717) is 25.6 Å². The molecule has 0 radical (unpaired) electrons. The predicted molar refractivity (Wildman–Crippen MR) is 70.8 cm³/mol. The van der Waals surface area contributed by atoms with Gasteiger partial charge in [0.1, 0.15) is 6.04 Å². The Kier molecular flexibility index (Phi) is 4.18. The van der Waals surface area contributed by atoms with Crippen LogP contribution in [0.25, 0.3) is 0 Å². The van der Waals surface area contributed by atoms with Crippen LogP contribution in [-0.2, 0) is 4.79 Å². The van der Waals surface area contributed by atoms with Crippen molar-refractivity contribution in [1.82, 2.24) is 19.9 Å². The van der Waals surface area contributed by atoms with E-state index >= 15 is 0 Å². The molecule has 9 heteroatoms. The summed E-state index contributed by atoms with van der Waals surface area (Å²) in [5.74, 6) is 0.0400. The molecular formula is C11H18N6O3. The van der Waals surface area contributed by atoms with Gasteiger partial charge in [-0.2, -0.15) is 9.97 Å². The van der Waals surface area contributed by atoms with E-state index in [1.807, 2.05) is 16.8 Å². The topological polar surface area (TPSA) is 107 Å². The van der Waals surface area contributed by atoms with E-state index in [2.05, 4.69) is 15.0 Å². The summed E-state index contributed by atoms with van der Waals surface area (Å²) in [6, 6.07) is -0.0414. The monoisotopic (exact) mass is 282 g/mol. The van der Waals surface area contributed by atoms with Crippen molar-refractivity contribution in [2.24, 2.45) is 5.73 Å². The number of carbonyl (C=O) groups excluding carboxylic acids is 1. The maximum atomic E-state index is 11.4. The number of hydrogen-bond donors (Lipinski definition) is 1. The number of amides is 1. The number of carbonyl (C=O) groups is 1. The highest BCUT2D eigenvalue weighted by Crippen LogP contribution is 2.19. The molecule has 1 aromatic heterocycles. The highest BCUT2D eigenvalue weighted by atomic mass is 16.5. The van der Waals surface area contributed by atoms with Gasteiger partial charge in [0.15, 0.2) is 0 Å². The summed E-state index contributed by atoms with van der Waals surface area (Å²) < 4.78 is 10.0. The van der Waals surface area contributed by atoms with Crippen LogP contribution >= 0.6 is 0 Å². The molecule has 1 unspecified atom stereocenters. The summed E-state index contributed by atoms with van der Waals surface area (Å²) in [6.45, 7) is 1.78. The van der Waals surface area contributed by atoms with Crippen molar-refractivity contribution in [3.05, 3.63) is 0 Å². The second kappa shape index (κ2) is 5.87. The number of piperazine rings is 1. The minimum Gasteiger partial charge on any atom is -0.467 e. The van der Waals surface area contributed by atoms with Crippen molar-refractivity contribution in [3.8, 4) is 12.0 Å². The van der Waals surface area contributed by atoms with E-state index in [9.17, 15) is 4.79 Å². The zero-order chi connectivity index (χ0) is 14.7. The first kappa shape index (κ1) is 14.3. The third-order valence-corrected chi connectivity index (χ3v) is 3.21. The summed E-state index contributed by atoms with van der Waals surface area (Å²) in [4.78, 5) is 27.5. The van der Waals surface area contributed by atoms with Gasteiger partial charge >= 0.3 is 12.0 Å². The van der Waals surface area contributed by atoms with Crippen LogP contribution in [0.2, 0.25) is 0 Å². The number of anilines is 1. The quantitative estimate of drug-likeness (QED) is 0.710. The van der Waals surface area contributed by atoms with E-state index in [1.54, 1.807) is 0 Å². The Labute approximate surface area is 116 Å². The van der Waals surface area contributed by atoms with Crippen molar-refractivity contribution >= 4 is 11.9 Å². The maximum absolute atomic E-state index is 11.4. The SMILES string of the molecule is COc1nc(OC)nc(N2CCN(C)C(C(N)=O)C2)n1. The van der Waals surface area contributed by atoms with Crippen LogP contribution in [-0.4, -0.2) is 72.7 Å². The van der Waals surface area contributed by atoms with Gasteiger partial charge in [0.2, 0.25) is 11.9 Å². The summed E-state index contributed by atoms with van der Waals surface area (Å²) in [6.07, 6.45) is 0. The van der Waals surface area contributed by atoms with Gasteiger partial charge in [0.05, 0.1) is 14.2 Å². The molecule has 2 N–H and O–H groups in total. The molecule has 110 valence electrons. The first-order valence-electron chi connectivity index (χ1n) is 6.13. The first-order valence-corrected chi connectivity index (χ1v) is 6.13. The smallest absolute Gasteiger partial charge is 0.324 e. The molecule has 1 aromatic rings. The molecule has 2 heterocycles. The first-order chi connectivity index (χ1) is 9.55. The molecule has 1 aliphatic rings. The molecule has 1 atom stereocenters. The molecular weight excluding hydrogens is 264 g/mol. The van der Waals surface area contributed by atoms with Gasteiger partial charge in [0.25, 0.3) is 0 Å². The lowest BCUT2D eigenvalue weighted by molar-refractivity contribution is -0.122. The molecule has 2 rings (SSSR count). The summed E-state index contributed by atoms with van der Waals surface area (Å²) >= 11 is 0. The van der Waals surface area contributed by atoms with Crippen molar-refractivity contribution in [3.63, 3.8) is 0 Å². The van der Waals surface area contributed by atoms with Crippen molar-refractivity contribution in [1.29, 1.82) is 0 Å². The molecule has 20 heavy (non-hydrogen) atoms. The zero-order valence-corrected chi connectivity index (χ0v) is 11.7. The Bertz CT molecular complexity index is 475. The number of nitrogens with zero attached hydrogens (tertiary/aromatic N) is 5. The van der Waals surface area contributed by atoms with E-state index < -0.39 is 0 Å². The molecule has 1 aliphatic heterocycles. The zero-order valence-electron chi connectivity index (χ0n) is 11.7. The van der Waals surface area contributed by atoms with Crippen molar-refractivity contribution in [2.45, 2.75) is 6.04 Å². The van der Waals surface area contributed by atoms with E-state index in [0.717, 1.165) is 0 Å². The minimum atomic E-state index is -0.377. The van der Waals surface area contributed by atoms with Crippen molar-refractivity contribution in [2.75, 3.05) is 45.8 Å². The lowest BCUT2D eigenvalue weighted by atomic mass is 10.2. The van der Waals surface area contributed by atoms with Gasteiger partial charge < -0.3 is 20.1 Å². The number of hydrogen-bond acceptors (Lipinski definition) is 8. The molecule has 1 saturated heterocycles. The number of nitrogens with two attached hydrogens (primary N) is 1. The molecule has 1 fully saturated rings. The largest absolute Gasteiger partial charge is 0.467 e. The lowest BCUT2D eigenvalue weighted by Crippen LogP contribution is -2.57. The fourth-order valence-corrected chi connectivity index (χ4v) is 2.01. The van der Waals surface area contributed by atoms with Crippen LogP contribution in [0.4, 0.5) is 5.95 Å². The van der Waals surface area contributed by atoms with Crippen molar-refractivity contribution < 1.29 is 14.3 Å². The minimum absolute atomic E-state index is 0.168. The number of ether oxygens (including phenoxy) is 2. The van der Waals surface area contributed by atoms with Crippen LogP contribution in [0.3, 0.4) is 0 Å². The van der Waals surface area contributed by atoms with Gasteiger partial charge in [-0.25, -0.2) is 0 Å². The van der Waals surface area contributed by atoms with Crippen LogP contribution < -0.4 is 20.1 Å². The lowest BCUT2D eigenvalue weighted by Gasteiger charge is -2.37. The molecule has 9 nitrogen and oxygen atoms in total. The molecule has 0 spiro atoms. The van der Waals surface area contributed by atoms with Gasteiger partial charge in [-0.3, -0.25) is 9.69 Å². The summed E-state index contributed by atoms with van der Waals surface area (Å²) in [7, 11) is 4.80. The third kappa shape index (κ3) is 2.87. The number of primary amides is 1. The number of likely N-dealkylation sites (N-methyl/N-ethyl adjacent to an activating group) is 1. The number of methoxy groups -OCH3 is 2. The second-order valence-corrected chi connectivity index (χ2v) is 4.45. The van der Waals surface area contributed by atoms with Gasteiger partial charge in [-0.15, -0.1) is 4.98 Å².